The van der Waals surface area contributed by atoms with Crippen molar-refractivity contribution in [3.8, 4) is 5.75 Å². The Bertz CT molecular complexity index is 480. The third kappa shape index (κ3) is 1.62. The van der Waals surface area contributed by atoms with Gasteiger partial charge in [0.05, 0.1) is 5.02 Å². The van der Waals surface area contributed by atoms with E-state index < -0.39 is 0 Å². The van der Waals surface area contributed by atoms with Crippen LogP contribution in [0.3, 0.4) is 0 Å². The van der Waals surface area contributed by atoms with Gasteiger partial charge < -0.3 is 5.11 Å². The molecular weight excluding hydrogens is 247 g/mol. The maximum Gasteiger partial charge on any atom is 0.168 e. The van der Waals surface area contributed by atoms with Crippen LogP contribution in [0, 0.1) is 5.92 Å². The van der Waals surface area contributed by atoms with Crippen LogP contribution < -0.4 is 0 Å². The molecule has 0 aromatic heterocycles. The number of allylic oxidation sites excluding steroid dienone is 1. The molecule has 1 aliphatic carbocycles. The van der Waals surface area contributed by atoms with Gasteiger partial charge in [-0.05, 0) is 24.5 Å². The number of hydrogen-bond acceptors (Lipinski definition) is 2. The Balaban J connectivity index is 2.52. The summed E-state index contributed by atoms with van der Waals surface area (Å²) in [5, 5.41) is 9.73. The Morgan fingerprint density at radius 2 is 2.19 bits per heavy atom. The van der Waals surface area contributed by atoms with Crippen LogP contribution in [0.5, 0.6) is 5.75 Å². The van der Waals surface area contributed by atoms with E-state index in [9.17, 15) is 9.90 Å². The van der Waals surface area contributed by atoms with E-state index in [1.54, 1.807) is 6.08 Å². The van der Waals surface area contributed by atoms with Crippen molar-refractivity contribution >= 4 is 29.0 Å². The van der Waals surface area contributed by atoms with E-state index in [4.69, 9.17) is 23.2 Å². The monoisotopic (exact) mass is 256 g/mol. The van der Waals surface area contributed by atoms with E-state index in [0.717, 1.165) is 5.56 Å². The van der Waals surface area contributed by atoms with Gasteiger partial charge in [0.25, 0.3) is 0 Å². The number of fused-ring (bicyclic) bond motifs is 1. The van der Waals surface area contributed by atoms with Crippen LogP contribution in [-0.4, -0.2) is 10.9 Å². The SMILES string of the molecule is C=CCC1Cc2cc(O)c(Cl)c(Cl)c2C1=O. The van der Waals surface area contributed by atoms with Crippen molar-refractivity contribution in [1.29, 1.82) is 0 Å². The van der Waals surface area contributed by atoms with E-state index in [1.165, 1.54) is 6.07 Å². The molecule has 0 heterocycles. The summed E-state index contributed by atoms with van der Waals surface area (Å²) in [5.74, 6) is -0.206. The summed E-state index contributed by atoms with van der Waals surface area (Å²) in [5.41, 5.74) is 1.22. The maximum atomic E-state index is 12.0. The number of phenolic OH excluding ortho intramolecular Hbond substituents is 1. The molecule has 1 N–H and O–H groups in total. The van der Waals surface area contributed by atoms with E-state index >= 15 is 0 Å². The molecule has 0 amide bonds. The van der Waals surface area contributed by atoms with Crippen LogP contribution in [-0.2, 0) is 6.42 Å². The molecule has 1 atom stereocenters. The lowest BCUT2D eigenvalue weighted by atomic mass is 10.0. The van der Waals surface area contributed by atoms with Gasteiger partial charge in [-0.1, -0.05) is 29.3 Å². The Morgan fingerprint density at radius 1 is 1.50 bits per heavy atom. The van der Waals surface area contributed by atoms with E-state index in [0.29, 0.717) is 18.4 Å². The summed E-state index contributed by atoms with van der Waals surface area (Å²) in [6.45, 7) is 3.62. The highest BCUT2D eigenvalue weighted by atomic mass is 35.5. The molecule has 0 fully saturated rings. The second-order valence-corrected chi connectivity index (χ2v) is 4.60. The van der Waals surface area contributed by atoms with E-state index in [-0.39, 0.29) is 27.5 Å². The second-order valence-electron chi connectivity index (χ2n) is 3.85. The summed E-state index contributed by atoms with van der Waals surface area (Å²) in [7, 11) is 0. The molecule has 1 unspecified atom stereocenters. The molecule has 0 radical (unpaired) electrons. The average Bonchev–Trinajstić information content (AvgIpc) is 2.53. The molecule has 84 valence electrons. The van der Waals surface area contributed by atoms with Crippen molar-refractivity contribution < 1.29 is 9.90 Å². The second kappa shape index (κ2) is 4.11. The lowest BCUT2D eigenvalue weighted by Gasteiger charge is -2.05. The number of benzene rings is 1. The van der Waals surface area contributed by atoms with Crippen LogP contribution >= 0.6 is 23.2 Å². The van der Waals surface area contributed by atoms with Gasteiger partial charge in [0.2, 0.25) is 0 Å². The molecule has 0 spiro atoms. The van der Waals surface area contributed by atoms with E-state index in [1.807, 2.05) is 0 Å². The highest BCUT2D eigenvalue weighted by Gasteiger charge is 2.33. The van der Waals surface area contributed by atoms with Crippen molar-refractivity contribution in [2.24, 2.45) is 5.92 Å². The Labute approximate surface area is 103 Å². The molecular formula is C12H10Cl2O2. The maximum absolute atomic E-state index is 12.0. The molecule has 1 aliphatic rings. The molecule has 4 heteroatoms. The number of halogens is 2. The lowest BCUT2D eigenvalue weighted by molar-refractivity contribution is 0.0938. The standard InChI is InChI=1S/C12H10Cl2O2/c1-2-3-6-4-7-5-8(15)10(13)11(14)9(7)12(6)16/h2,5-6,15H,1,3-4H2. The van der Waals surface area contributed by atoms with Gasteiger partial charge in [0, 0.05) is 11.5 Å². The van der Waals surface area contributed by atoms with Crippen LogP contribution in [0.1, 0.15) is 22.3 Å². The average molecular weight is 257 g/mol. The molecule has 2 rings (SSSR count). The first-order chi connectivity index (χ1) is 7.56. The summed E-state index contributed by atoms with van der Waals surface area (Å²) in [4.78, 5) is 12.0. The Morgan fingerprint density at radius 3 is 2.81 bits per heavy atom. The Hall–Kier alpha value is -0.990. The quantitative estimate of drug-likeness (QED) is 0.821. The third-order valence-electron chi connectivity index (χ3n) is 2.80. The zero-order valence-corrected chi connectivity index (χ0v) is 9.98. The molecule has 0 aliphatic heterocycles. The number of phenols is 1. The predicted octanol–water partition coefficient (Wildman–Crippen LogP) is 3.63. The van der Waals surface area contributed by atoms with Gasteiger partial charge in [0.1, 0.15) is 10.8 Å². The topological polar surface area (TPSA) is 37.3 Å². The number of Topliss-reactive ketones (excluding diaryl/α,β-unsaturated/α-hetero) is 1. The van der Waals surface area contributed by atoms with Crippen molar-refractivity contribution in [3.05, 3.63) is 39.9 Å². The fraction of sp³-hybridized carbons (Fsp3) is 0.250. The highest BCUT2D eigenvalue weighted by Crippen LogP contribution is 2.42. The van der Waals surface area contributed by atoms with Crippen molar-refractivity contribution in [2.75, 3.05) is 0 Å². The largest absolute Gasteiger partial charge is 0.506 e. The van der Waals surface area contributed by atoms with Gasteiger partial charge in [0.15, 0.2) is 5.78 Å². The summed E-state index contributed by atoms with van der Waals surface area (Å²) in [6.07, 6.45) is 2.91. The first-order valence-corrected chi connectivity index (χ1v) is 5.66. The first kappa shape index (κ1) is 11.5. The summed E-state index contributed by atoms with van der Waals surface area (Å²) in [6, 6.07) is 1.52. The van der Waals surface area contributed by atoms with Gasteiger partial charge in [-0.3, -0.25) is 4.79 Å². The van der Waals surface area contributed by atoms with Crippen LogP contribution in [0.25, 0.3) is 0 Å². The highest BCUT2D eigenvalue weighted by molar-refractivity contribution is 6.45. The minimum absolute atomic E-state index is 0.0122. The minimum atomic E-state index is -0.122. The fourth-order valence-corrected chi connectivity index (χ4v) is 2.51. The normalized spacial score (nSPS) is 18.6. The van der Waals surface area contributed by atoms with Gasteiger partial charge >= 0.3 is 0 Å². The number of ketones is 1. The van der Waals surface area contributed by atoms with Crippen LogP contribution in [0.4, 0.5) is 0 Å². The minimum Gasteiger partial charge on any atom is -0.506 e. The van der Waals surface area contributed by atoms with Crippen molar-refractivity contribution in [1.82, 2.24) is 0 Å². The molecule has 1 aromatic rings. The van der Waals surface area contributed by atoms with Crippen LogP contribution in [0.15, 0.2) is 18.7 Å². The zero-order chi connectivity index (χ0) is 11.9. The number of rotatable bonds is 2. The smallest absolute Gasteiger partial charge is 0.168 e. The molecule has 0 saturated carbocycles. The summed E-state index contributed by atoms with van der Waals surface area (Å²) < 4.78 is 0. The molecule has 2 nitrogen and oxygen atoms in total. The molecule has 16 heavy (non-hydrogen) atoms. The van der Waals surface area contributed by atoms with Gasteiger partial charge in [-0.2, -0.15) is 0 Å². The summed E-state index contributed by atoms with van der Waals surface area (Å²) >= 11 is 11.8. The number of carbonyl (C=O) groups excluding carboxylic acids is 1. The number of hydrogen-bond donors (Lipinski definition) is 1. The lowest BCUT2D eigenvalue weighted by Crippen LogP contribution is -2.07. The fourth-order valence-electron chi connectivity index (χ4n) is 2.04. The predicted molar refractivity (Wildman–Crippen MR) is 64.5 cm³/mol. The van der Waals surface area contributed by atoms with Gasteiger partial charge in [-0.15, -0.1) is 6.58 Å². The van der Waals surface area contributed by atoms with E-state index in [2.05, 4.69) is 6.58 Å². The Kier molecular flexibility index (Phi) is 2.96. The number of aromatic hydroxyl groups is 1. The molecule has 0 saturated heterocycles. The van der Waals surface area contributed by atoms with Crippen molar-refractivity contribution in [2.45, 2.75) is 12.8 Å². The van der Waals surface area contributed by atoms with Crippen LogP contribution in [0.2, 0.25) is 10.0 Å². The third-order valence-corrected chi connectivity index (χ3v) is 3.66. The van der Waals surface area contributed by atoms with Crippen molar-refractivity contribution in [3.63, 3.8) is 0 Å². The first-order valence-electron chi connectivity index (χ1n) is 4.91. The molecule has 1 aromatic carbocycles. The van der Waals surface area contributed by atoms with Gasteiger partial charge in [-0.25, -0.2) is 0 Å². The molecule has 0 bridgehead atoms. The number of carbonyl (C=O) groups is 1. The zero-order valence-electron chi connectivity index (χ0n) is 8.46.